The summed E-state index contributed by atoms with van der Waals surface area (Å²) in [4.78, 5) is 20.4. The molecule has 1 aromatic heterocycles. The maximum absolute atomic E-state index is 13.6. The largest absolute Gasteiger partial charge is 0.497 e. The fourth-order valence-electron chi connectivity index (χ4n) is 4.29. The first-order valence-corrected chi connectivity index (χ1v) is 10.6. The van der Waals surface area contributed by atoms with Gasteiger partial charge in [0.1, 0.15) is 5.75 Å². The number of Topliss-reactive ketones (excluding diaryl/α,β-unsaturated/α-hetero) is 1. The van der Waals surface area contributed by atoms with Crippen LogP contribution in [0.25, 0.3) is 6.08 Å². The molecule has 1 unspecified atom stereocenters. The van der Waals surface area contributed by atoms with Crippen LogP contribution in [0.1, 0.15) is 36.7 Å². The molecule has 0 spiro atoms. The van der Waals surface area contributed by atoms with E-state index in [2.05, 4.69) is 34.1 Å². The van der Waals surface area contributed by atoms with Crippen LogP contribution in [0.3, 0.4) is 0 Å². The van der Waals surface area contributed by atoms with Crippen molar-refractivity contribution in [3.8, 4) is 5.75 Å². The number of ether oxygens (including phenoxy) is 1. The van der Waals surface area contributed by atoms with E-state index in [0.29, 0.717) is 6.54 Å². The second-order valence-electron chi connectivity index (χ2n) is 8.63. The molecule has 1 fully saturated rings. The van der Waals surface area contributed by atoms with E-state index in [1.807, 2.05) is 68.5 Å². The van der Waals surface area contributed by atoms with Crippen molar-refractivity contribution in [2.75, 3.05) is 13.7 Å². The Morgan fingerprint density at radius 1 is 1.03 bits per heavy atom. The number of carbonyl (C=O) groups excluding carboxylic acids is 1. The number of pyridine rings is 1. The molecule has 1 atom stereocenters. The fourth-order valence-corrected chi connectivity index (χ4v) is 4.29. The average Bonchev–Trinajstić information content (AvgIpc) is 2.79. The Morgan fingerprint density at radius 3 is 2.39 bits per heavy atom. The lowest BCUT2D eigenvalue weighted by molar-refractivity contribution is -0.128. The molecule has 31 heavy (non-hydrogen) atoms. The van der Waals surface area contributed by atoms with Crippen LogP contribution in [0.4, 0.5) is 0 Å². The molecule has 2 aromatic carbocycles. The first-order chi connectivity index (χ1) is 15.0. The zero-order valence-corrected chi connectivity index (χ0v) is 18.3. The van der Waals surface area contributed by atoms with E-state index >= 15 is 0 Å². The summed E-state index contributed by atoms with van der Waals surface area (Å²) >= 11 is 0. The van der Waals surface area contributed by atoms with Gasteiger partial charge in [-0.1, -0.05) is 62.4 Å². The molecule has 4 nitrogen and oxygen atoms in total. The Labute approximate surface area is 184 Å². The van der Waals surface area contributed by atoms with Gasteiger partial charge in [0.15, 0.2) is 5.78 Å². The minimum atomic E-state index is -0.488. The van der Waals surface area contributed by atoms with Crippen molar-refractivity contribution in [2.24, 2.45) is 5.41 Å². The van der Waals surface area contributed by atoms with E-state index in [-0.39, 0.29) is 11.8 Å². The first kappa shape index (κ1) is 21.0. The number of rotatable bonds is 5. The van der Waals surface area contributed by atoms with Crippen molar-refractivity contribution in [2.45, 2.75) is 26.4 Å². The van der Waals surface area contributed by atoms with Crippen molar-refractivity contribution in [3.05, 3.63) is 101 Å². The van der Waals surface area contributed by atoms with Gasteiger partial charge in [0.05, 0.1) is 18.8 Å². The molecule has 4 rings (SSSR count). The minimum absolute atomic E-state index is 0.133. The van der Waals surface area contributed by atoms with Gasteiger partial charge >= 0.3 is 0 Å². The lowest BCUT2D eigenvalue weighted by atomic mass is 9.74. The Morgan fingerprint density at radius 2 is 1.74 bits per heavy atom. The summed E-state index contributed by atoms with van der Waals surface area (Å²) in [7, 11) is 1.67. The van der Waals surface area contributed by atoms with Crippen molar-refractivity contribution < 1.29 is 9.53 Å². The predicted octanol–water partition coefficient (Wildman–Crippen LogP) is 5.33. The van der Waals surface area contributed by atoms with Crippen LogP contribution < -0.4 is 4.74 Å². The Hall–Kier alpha value is -3.24. The summed E-state index contributed by atoms with van der Waals surface area (Å²) in [5.74, 6) is 1.02. The van der Waals surface area contributed by atoms with Crippen LogP contribution >= 0.6 is 0 Å². The van der Waals surface area contributed by atoms with Crippen molar-refractivity contribution >= 4 is 11.9 Å². The van der Waals surface area contributed by atoms with Gasteiger partial charge in [0.2, 0.25) is 0 Å². The second-order valence-corrected chi connectivity index (χ2v) is 8.63. The standard InChI is InChI=1S/C27H28N2O2/c1-27(2)19-29(18-20-12-14-23(31-3)15-13-20)25(21-9-5-4-6-10-21)24(26(27)30)17-22-11-7-8-16-28-22/h4-17,25H,18-19H2,1-3H3/b24-17-. The number of aromatic nitrogens is 1. The van der Waals surface area contributed by atoms with Crippen LogP contribution in [0.15, 0.2) is 84.6 Å². The summed E-state index contributed by atoms with van der Waals surface area (Å²) < 4.78 is 5.31. The van der Waals surface area contributed by atoms with Crippen LogP contribution in [-0.2, 0) is 11.3 Å². The Balaban J connectivity index is 1.79. The van der Waals surface area contributed by atoms with Gasteiger partial charge in [0.25, 0.3) is 0 Å². The van der Waals surface area contributed by atoms with Gasteiger partial charge in [-0.15, -0.1) is 0 Å². The summed E-state index contributed by atoms with van der Waals surface area (Å²) in [5.41, 5.74) is 3.40. The van der Waals surface area contributed by atoms with Crippen molar-refractivity contribution in [1.29, 1.82) is 0 Å². The van der Waals surface area contributed by atoms with Crippen LogP contribution in [0.5, 0.6) is 5.75 Å². The molecule has 3 aromatic rings. The predicted molar refractivity (Wildman–Crippen MR) is 124 cm³/mol. The quantitative estimate of drug-likeness (QED) is 0.532. The molecule has 4 heteroatoms. The normalized spacial score (nSPS) is 20.0. The molecule has 0 amide bonds. The van der Waals surface area contributed by atoms with Gasteiger partial charge < -0.3 is 4.74 Å². The molecule has 0 radical (unpaired) electrons. The molecule has 0 bridgehead atoms. The van der Waals surface area contributed by atoms with Gasteiger partial charge in [-0.3, -0.25) is 14.7 Å². The molecule has 1 saturated heterocycles. The third-order valence-electron chi connectivity index (χ3n) is 5.79. The van der Waals surface area contributed by atoms with E-state index in [0.717, 1.165) is 29.1 Å². The Kier molecular flexibility index (Phi) is 6.01. The number of hydrogen-bond acceptors (Lipinski definition) is 4. The van der Waals surface area contributed by atoms with Crippen LogP contribution in [-0.4, -0.2) is 29.3 Å². The molecular weight excluding hydrogens is 384 g/mol. The summed E-state index contributed by atoms with van der Waals surface area (Å²) in [6.45, 7) is 5.48. The molecule has 2 heterocycles. The van der Waals surface area contributed by atoms with Crippen LogP contribution in [0, 0.1) is 5.41 Å². The Bertz CT molecular complexity index is 1060. The highest BCUT2D eigenvalue weighted by Gasteiger charge is 2.43. The molecule has 1 aliphatic rings. The van der Waals surface area contributed by atoms with Gasteiger partial charge in [-0.05, 0) is 41.5 Å². The minimum Gasteiger partial charge on any atom is -0.497 e. The number of methoxy groups -OCH3 is 1. The monoisotopic (exact) mass is 412 g/mol. The first-order valence-electron chi connectivity index (χ1n) is 10.6. The second kappa shape index (κ2) is 8.86. The van der Waals surface area contributed by atoms with Crippen molar-refractivity contribution in [3.63, 3.8) is 0 Å². The molecule has 0 saturated carbocycles. The maximum Gasteiger partial charge on any atom is 0.167 e. The van der Waals surface area contributed by atoms with Gasteiger partial charge in [-0.25, -0.2) is 0 Å². The average molecular weight is 413 g/mol. The lowest BCUT2D eigenvalue weighted by Crippen LogP contribution is -2.49. The highest BCUT2D eigenvalue weighted by Crippen LogP contribution is 2.42. The lowest BCUT2D eigenvalue weighted by Gasteiger charge is -2.44. The number of benzene rings is 2. The zero-order chi connectivity index (χ0) is 21.8. The number of nitrogens with zero attached hydrogens (tertiary/aromatic N) is 2. The molecule has 0 aliphatic carbocycles. The summed E-state index contributed by atoms with van der Waals surface area (Å²) in [6, 6.07) is 24.1. The van der Waals surface area contributed by atoms with Gasteiger partial charge in [-0.2, -0.15) is 0 Å². The highest BCUT2D eigenvalue weighted by atomic mass is 16.5. The number of carbonyl (C=O) groups is 1. The summed E-state index contributed by atoms with van der Waals surface area (Å²) in [5, 5.41) is 0. The van der Waals surface area contributed by atoms with Crippen LogP contribution in [0.2, 0.25) is 0 Å². The van der Waals surface area contributed by atoms with Gasteiger partial charge in [0, 0.05) is 30.3 Å². The zero-order valence-electron chi connectivity index (χ0n) is 18.3. The fraction of sp³-hybridized carbons (Fsp3) is 0.259. The third kappa shape index (κ3) is 4.59. The molecule has 1 aliphatic heterocycles. The van der Waals surface area contributed by atoms with E-state index in [9.17, 15) is 4.79 Å². The van der Waals surface area contributed by atoms with E-state index in [1.54, 1.807) is 13.3 Å². The van der Waals surface area contributed by atoms with E-state index in [1.165, 1.54) is 5.56 Å². The SMILES string of the molecule is COc1ccc(CN2CC(C)(C)C(=O)/C(=C\c3ccccn3)C2c2ccccc2)cc1. The maximum atomic E-state index is 13.6. The number of likely N-dealkylation sites (tertiary alicyclic amines) is 1. The smallest absolute Gasteiger partial charge is 0.167 e. The number of piperidine rings is 1. The highest BCUT2D eigenvalue weighted by molar-refractivity contribution is 6.05. The number of ketones is 1. The molecule has 0 N–H and O–H groups in total. The topological polar surface area (TPSA) is 42.4 Å². The van der Waals surface area contributed by atoms with Crippen molar-refractivity contribution in [1.82, 2.24) is 9.88 Å². The van der Waals surface area contributed by atoms with E-state index in [4.69, 9.17) is 4.74 Å². The van der Waals surface area contributed by atoms with E-state index < -0.39 is 5.41 Å². The molecular formula is C27H28N2O2. The molecule has 158 valence electrons. The third-order valence-corrected chi connectivity index (χ3v) is 5.79. The summed E-state index contributed by atoms with van der Waals surface area (Å²) in [6.07, 6.45) is 3.72. The number of hydrogen-bond donors (Lipinski definition) is 0.